The Bertz CT molecular complexity index is 726. The highest BCUT2D eigenvalue weighted by Crippen LogP contribution is 2.27. The molecule has 0 bridgehead atoms. The van der Waals surface area contributed by atoms with Crippen molar-refractivity contribution in [1.29, 1.82) is 0 Å². The Morgan fingerprint density at radius 2 is 2.05 bits per heavy atom. The van der Waals surface area contributed by atoms with Gasteiger partial charge in [0.05, 0.1) is 5.69 Å². The number of nitrogen functional groups attached to an aromatic ring is 1. The third kappa shape index (κ3) is 2.98. The Balaban J connectivity index is 2.35. The molecule has 0 fully saturated rings. The molecule has 4 nitrogen and oxygen atoms in total. The van der Waals surface area contributed by atoms with Crippen molar-refractivity contribution in [3.05, 3.63) is 45.1 Å². The van der Waals surface area contributed by atoms with E-state index in [0.717, 1.165) is 10.4 Å². The highest BCUT2D eigenvalue weighted by atomic mass is 35.5. The lowest BCUT2D eigenvalue weighted by molar-refractivity contribution is 0.469. The summed E-state index contributed by atoms with van der Waals surface area (Å²) in [5, 5.41) is 2.29. The zero-order valence-corrected chi connectivity index (χ0v) is 13.5. The minimum absolute atomic E-state index is 0.0432. The van der Waals surface area contributed by atoms with Crippen LogP contribution in [0.15, 0.2) is 34.5 Å². The van der Waals surface area contributed by atoms with Crippen LogP contribution in [0.5, 0.6) is 0 Å². The molecule has 1 aromatic carbocycles. The summed E-state index contributed by atoms with van der Waals surface area (Å²) < 4.78 is 26.4. The van der Waals surface area contributed by atoms with Crippen LogP contribution in [0, 0.1) is 6.92 Å². The van der Waals surface area contributed by atoms with Gasteiger partial charge in [-0.15, -0.1) is 11.3 Å². The molecule has 7 heteroatoms. The van der Waals surface area contributed by atoms with Crippen LogP contribution in [0.25, 0.3) is 0 Å². The van der Waals surface area contributed by atoms with Crippen LogP contribution in [0.1, 0.15) is 10.4 Å². The van der Waals surface area contributed by atoms with Gasteiger partial charge in [-0.2, -0.15) is 4.31 Å². The molecular formula is C13H15ClN2O2S2. The number of nitrogens with two attached hydrogens (primary N) is 1. The van der Waals surface area contributed by atoms with Gasteiger partial charge in [0.1, 0.15) is 4.90 Å². The van der Waals surface area contributed by atoms with Gasteiger partial charge in [0.25, 0.3) is 0 Å². The maximum atomic E-state index is 12.5. The van der Waals surface area contributed by atoms with Crippen molar-refractivity contribution in [2.75, 3.05) is 12.8 Å². The van der Waals surface area contributed by atoms with Crippen LogP contribution in [0.2, 0.25) is 5.02 Å². The van der Waals surface area contributed by atoms with Gasteiger partial charge in [0, 0.05) is 23.5 Å². The van der Waals surface area contributed by atoms with Crippen molar-refractivity contribution < 1.29 is 8.42 Å². The van der Waals surface area contributed by atoms with Gasteiger partial charge in [-0.25, -0.2) is 8.42 Å². The minimum Gasteiger partial charge on any atom is -0.398 e. The third-order valence-corrected chi connectivity index (χ3v) is 6.10. The molecule has 0 unspecified atom stereocenters. The van der Waals surface area contributed by atoms with Crippen LogP contribution < -0.4 is 5.73 Å². The summed E-state index contributed by atoms with van der Waals surface area (Å²) in [6.07, 6.45) is 0. The van der Waals surface area contributed by atoms with Gasteiger partial charge >= 0.3 is 0 Å². The zero-order chi connectivity index (χ0) is 14.9. The molecule has 0 aliphatic heterocycles. The Morgan fingerprint density at radius 3 is 2.65 bits per heavy atom. The summed E-state index contributed by atoms with van der Waals surface area (Å²) in [6, 6.07) is 6.41. The second-order valence-electron chi connectivity index (χ2n) is 4.47. The van der Waals surface area contributed by atoms with Crippen LogP contribution in [0.3, 0.4) is 0 Å². The Labute approximate surface area is 127 Å². The lowest BCUT2D eigenvalue weighted by Crippen LogP contribution is -2.27. The quantitative estimate of drug-likeness (QED) is 0.876. The molecule has 0 radical (unpaired) electrons. The predicted molar refractivity (Wildman–Crippen MR) is 83.6 cm³/mol. The average Bonchev–Trinajstić information content (AvgIpc) is 2.78. The summed E-state index contributed by atoms with van der Waals surface area (Å²) in [7, 11) is -2.12. The highest BCUT2D eigenvalue weighted by molar-refractivity contribution is 7.89. The normalized spacial score (nSPS) is 12.0. The van der Waals surface area contributed by atoms with E-state index in [4.69, 9.17) is 17.3 Å². The molecule has 0 spiro atoms. The third-order valence-electron chi connectivity index (χ3n) is 3.00. The van der Waals surface area contributed by atoms with Gasteiger partial charge in [0.15, 0.2) is 0 Å². The van der Waals surface area contributed by atoms with Crippen molar-refractivity contribution in [2.24, 2.45) is 0 Å². The molecule has 0 aliphatic carbocycles. The molecule has 0 saturated heterocycles. The van der Waals surface area contributed by atoms with Crippen LogP contribution >= 0.6 is 22.9 Å². The fraction of sp³-hybridized carbons (Fsp3) is 0.231. The standard InChI is InChI=1S/C13H15ClN2O2S2/c1-9-5-6-19-12(9)8-16(2)20(17,18)13-7-10(14)3-4-11(13)15/h3-7H,8,15H2,1-2H3. The highest BCUT2D eigenvalue weighted by Gasteiger charge is 2.24. The first-order valence-electron chi connectivity index (χ1n) is 5.86. The van der Waals surface area contributed by atoms with E-state index >= 15 is 0 Å². The number of anilines is 1. The van der Waals surface area contributed by atoms with Gasteiger partial charge < -0.3 is 5.73 Å². The van der Waals surface area contributed by atoms with Crippen molar-refractivity contribution in [1.82, 2.24) is 4.31 Å². The van der Waals surface area contributed by atoms with Crippen molar-refractivity contribution in [3.63, 3.8) is 0 Å². The number of hydrogen-bond acceptors (Lipinski definition) is 4. The van der Waals surface area contributed by atoms with Crippen molar-refractivity contribution in [3.8, 4) is 0 Å². The molecule has 108 valence electrons. The molecule has 2 aromatic rings. The number of rotatable bonds is 4. The minimum atomic E-state index is -3.65. The van der Waals surface area contributed by atoms with Crippen molar-refractivity contribution in [2.45, 2.75) is 18.4 Å². The van der Waals surface area contributed by atoms with Gasteiger partial charge in [-0.05, 0) is 42.1 Å². The molecular weight excluding hydrogens is 316 g/mol. The number of nitrogens with zero attached hydrogens (tertiary/aromatic N) is 1. The summed E-state index contributed by atoms with van der Waals surface area (Å²) in [4.78, 5) is 1.05. The van der Waals surface area contributed by atoms with Gasteiger partial charge in [0.2, 0.25) is 10.0 Å². The van der Waals surface area contributed by atoms with Crippen LogP contribution in [-0.2, 0) is 16.6 Å². The first-order valence-corrected chi connectivity index (χ1v) is 8.56. The Hall–Kier alpha value is -1.08. The van der Waals surface area contributed by atoms with Crippen LogP contribution in [-0.4, -0.2) is 19.8 Å². The van der Waals surface area contributed by atoms with E-state index in [1.807, 2.05) is 18.4 Å². The second kappa shape index (κ2) is 5.73. The van der Waals surface area contributed by atoms with Crippen molar-refractivity contribution >= 4 is 38.6 Å². The predicted octanol–water partition coefficient (Wildman–Crippen LogP) is 3.11. The number of thiophene rings is 1. The molecule has 20 heavy (non-hydrogen) atoms. The molecule has 2 N–H and O–H groups in total. The molecule has 1 heterocycles. The number of aryl methyl sites for hydroxylation is 1. The average molecular weight is 331 g/mol. The second-order valence-corrected chi connectivity index (χ2v) is 7.92. The zero-order valence-electron chi connectivity index (χ0n) is 11.1. The van der Waals surface area contributed by atoms with E-state index in [-0.39, 0.29) is 10.6 Å². The van der Waals surface area contributed by atoms with Gasteiger partial charge in [-0.1, -0.05) is 11.6 Å². The first-order chi connectivity index (χ1) is 9.32. The number of sulfonamides is 1. The molecule has 1 aromatic heterocycles. The Morgan fingerprint density at radius 1 is 1.35 bits per heavy atom. The monoisotopic (exact) mass is 330 g/mol. The van der Waals surface area contributed by atoms with E-state index in [9.17, 15) is 8.42 Å². The number of hydrogen-bond donors (Lipinski definition) is 1. The van der Waals surface area contributed by atoms with E-state index < -0.39 is 10.0 Å². The first kappa shape index (κ1) is 15.3. The van der Waals surface area contributed by atoms with E-state index in [0.29, 0.717) is 11.6 Å². The SMILES string of the molecule is Cc1ccsc1CN(C)S(=O)(=O)c1cc(Cl)ccc1N. The lowest BCUT2D eigenvalue weighted by atomic mass is 10.3. The number of halogens is 1. The summed E-state index contributed by atoms with van der Waals surface area (Å²) in [5.74, 6) is 0. The largest absolute Gasteiger partial charge is 0.398 e. The van der Waals surface area contributed by atoms with E-state index in [1.165, 1.54) is 34.8 Å². The summed E-state index contributed by atoms with van der Waals surface area (Å²) in [5.41, 5.74) is 7.03. The van der Waals surface area contributed by atoms with Crippen LogP contribution in [0.4, 0.5) is 5.69 Å². The molecule has 0 aliphatic rings. The number of benzene rings is 1. The van der Waals surface area contributed by atoms with E-state index in [1.54, 1.807) is 6.07 Å². The fourth-order valence-corrected chi connectivity index (χ4v) is 4.31. The van der Waals surface area contributed by atoms with E-state index in [2.05, 4.69) is 0 Å². The maximum Gasteiger partial charge on any atom is 0.245 e. The Kier molecular flexibility index (Phi) is 4.39. The van der Waals surface area contributed by atoms with Gasteiger partial charge in [-0.3, -0.25) is 0 Å². The summed E-state index contributed by atoms with van der Waals surface area (Å²) >= 11 is 7.39. The maximum absolute atomic E-state index is 12.5. The molecule has 0 amide bonds. The summed E-state index contributed by atoms with van der Waals surface area (Å²) in [6.45, 7) is 2.28. The lowest BCUT2D eigenvalue weighted by Gasteiger charge is -2.18. The smallest absolute Gasteiger partial charge is 0.245 e. The topological polar surface area (TPSA) is 63.4 Å². The fourth-order valence-electron chi connectivity index (χ4n) is 1.75. The molecule has 0 saturated carbocycles. The molecule has 0 atom stereocenters. The molecule has 2 rings (SSSR count).